The van der Waals surface area contributed by atoms with Gasteiger partial charge in [0, 0.05) is 10.6 Å². The lowest BCUT2D eigenvalue weighted by Gasteiger charge is -2.30. The first kappa shape index (κ1) is 12.9. The Morgan fingerprint density at radius 2 is 1.65 bits per heavy atom. The molecular formula is C16H12ClNO2. The predicted octanol–water partition coefficient (Wildman–Crippen LogP) is 3.63. The topological polar surface area (TPSA) is 37.4 Å². The summed E-state index contributed by atoms with van der Waals surface area (Å²) in [6, 6.07) is 13.9. The lowest BCUT2D eigenvalue weighted by molar-refractivity contribution is -0.119. The van der Waals surface area contributed by atoms with Gasteiger partial charge in [-0.05, 0) is 42.8 Å². The Bertz CT molecular complexity index is 694. The Labute approximate surface area is 121 Å². The minimum absolute atomic E-state index is 0.212. The van der Waals surface area contributed by atoms with Gasteiger partial charge in [-0.1, -0.05) is 29.8 Å². The van der Waals surface area contributed by atoms with Crippen LogP contribution in [0.5, 0.6) is 0 Å². The van der Waals surface area contributed by atoms with Crippen LogP contribution < -0.4 is 4.90 Å². The van der Waals surface area contributed by atoms with Crippen molar-refractivity contribution in [3.8, 4) is 0 Å². The molecule has 1 aliphatic heterocycles. The summed E-state index contributed by atoms with van der Waals surface area (Å²) in [4.78, 5) is 26.2. The van der Waals surface area contributed by atoms with Gasteiger partial charge in [0.25, 0.3) is 5.91 Å². The number of carbonyl (C=O) groups excluding carboxylic acids is 2. The number of imide groups is 1. The Morgan fingerprint density at radius 3 is 2.35 bits per heavy atom. The molecule has 0 bridgehead atoms. The van der Waals surface area contributed by atoms with Crippen LogP contribution in [-0.4, -0.2) is 11.8 Å². The Morgan fingerprint density at radius 1 is 1.00 bits per heavy atom. The molecule has 1 unspecified atom stereocenters. The zero-order valence-corrected chi connectivity index (χ0v) is 11.6. The maximum atomic E-state index is 12.5. The highest BCUT2D eigenvalue weighted by Crippen LogP contribution is 2.32. The number of fused-ring (bicyclic) bond motifs is 1. The highest BCUT2D eigenvalue weighted by atomic mass is 35.5. The van der Waals surface area contributed by atoms with Crippen molar-refractivity contribution in [3.63, 3.8) is 0 Å². The van der Waals surface area contributed by atoms with Gasteiger partial charge in [0.1, 0.15) is 0 Å². The fourth-order valence-corrected chi connectivity index (χ4v) is 2.58. The van der Waals surface area contributed by atoms with Crippen LogP contribution in [0.2, 0.25) is 5.02 Å². The first-order valence-corrected chi connectivity index (χ1v) is 6.70. The molecule has 2 aromatic rings. The van der Waals surface area contributed by atoms with E-state index in [2.05, 4.69) is 0 Å². The summed E-state index contributed by atoms with van der Waals surface area (Å²) >= 11 is 5.84. The van der Waals surface area contributed by atoms with Gasteiger partial charge in [0.15, 0.2) is 0 Å². The third kappa shape index (κ3) is 1.91. The quantitative estimate of drug-likeness (QED) is 0.750. The second-order valence-electron chi connectivity index (χ2n) is 4.76. The molecule has 2 amide bonds. The minimum atomic E-state index is -0.334. The first-order chi connectivity index (χ1) is 9.59. The lowest BCUT2D eigenvalue weighted by atomic mass is 9.89. The molecule has 0 saturated heterocycles. The van der Waals surface area contributed by atoms with E-state index in [-0.39, 0.29) is 17.7 Å². The zero-order chi connectivity index (χ0) is 14.3. The van der Waals surface area contributed by atoms with Crippen LogP contribution in [0.25, 0.3) is 0 Å². The molecule has 2 aromatic carbocycles. The molecule has 0 aliphatic carbocycles. The fraction of sp³-hybridized carbons (Fsp3) is 0.125. The maximum Gasteiger partial charge on any atom is 0.265 e. The van der Waals surface area contributed by atoms with E-state index in [1.54, 1.807) is 36.4 Å². The van der Waals surface area contributed by atoms with E-state index in [4.69, 9.17) is 11.6 Å². The van der Waals surface area contributed by atoms with Gasteiger partial charge in [0.05, 0.1) is 11.6 Å². The van der Waals surface area contributed by atoms with E-state index in [0.717, 1.165) is 5.56 Å². The second-order valence-corrected chi connectivity index (χ2v) is 5.20. The number of hydrogen-bond donors (Lipinski definition) is 0. The summed E-state index contributed by atoms with van der Waals surface area (Å²) in [6.45, 7) is 1.82. The van der Waals surface area contributed by atoms with Crippen LogP contribution in [0.15, 0.2) is 48.5 Å². The van der Waals surface area contributed by atoms with Gasteiger partial charge in [-0.2, -0.15) is 0 Å². The number of hydrogen-bond acceptors (Lipinski definition) is 2. The molecule has 0 aromatic heterocycles. The van der Waals surface area contributed by atoms with E-state index in [0.29, 0.717) is 16.3 Å². The third-order valence-corrected chi connectivity index (χ3v) is 3.79. The molecule has 20 heavy (non-hydrogen) atoms. The van der Waals surface area contributed by atoms with Crippen LogP contribution in [0.4, 0.5) is 5.69 Å². The minimum Gasteiger partial charge on any atom is -0.273 e. The molecule has 3 rings (SSSR count). The fourth-order valence-electron chi connectivity index (χ4n) is 2.45. The highest BCUT2D eigenvalue weighted by molar-refractivity contribution is 6.31. The molecule has 1 atom stereocenters. The summed E-state index contributed by atoms with van der Waals surface area (Å²) in [7, 11) is 0. The van der Waals surface area contributed by atoms with Crippen molar-refractivity contribution in [1.29, 1.82) is 0 Å². The van der Waals surface area contributed by atoms with Crippen LogP contribution in [0, 0.1) is 0 Å². The van der Waals surface area contributed by atoms with Crippen molar-refractivity contribution < 1.29 is 9.59 Å². The number of rotatable bonds is 1. The summed E-state index contributed by atoms with van der Waals surface area (Å²) in [5, 5.41) is 0.569. The van der Waals surface area contributed by atoms with Crippen molar-refractivity contribution in [3.05, 3.63) is 64.7 Å². The van der Waals surface area contributed by atoms with Crippen molar-refractivity contribution in [2.24, 2.45) is 0 Å². The van der Waals surface area contributed by atoms with Crippen LogP contribution in [0.1, 0.15) is 28.8 Å². The van der Waals surface area contributed by atoms with Gasteiger partial charge in [-0.25, -0.2) is 4.90 Å². The lowest BCUT2D eigenvalue weighted by Crippen LogP contribution is -2.44. The molecule has 3 nitrogen and oxygen atoms in total. The average Bonchev–Trinajstić information content (AvgIpc) is 2.47. The summed E-state index contributed by atoms with van der Waals surface area (Å²) in [5.41, 5.74) is 1.91. The maximum absolute atomic E-state index is 12.5. The van der Waals surface area contributed by atoms with E-state index in [1.807, 2.05) is 19.1 Å². The van der Waals surface area contributed by atoms with Crippen molar-refractivity contribution in [2.45, 2.75) is 12.8 Å². The number of anilines is 1. The van der Waals surface area contributed by atoms with Gasteiger partial charge in [0.2, 0.25) is 5.91 Å². The number of halogens is 1. The normalized spacial score (nSPS) is 18.1. The third-order valence-electron chi connectivity index (χ3n) is 3.54. The van der Waals surface area contributed by atoms with Crippen LogP contribution in [0.3, 0.4) is 0 Å². The van der Waals surface area contributed by atoms with Gasteiger partial charge in [-0.3, -0.25) is 9.59 Å². The number of nitrogens with zero attached hydrogens (tertiary/aromatic N) is 1. The Hall–Kier alpha value is -2.13. The molecule has 0 spiro atoms. The van der Waals surface area contributed by atoms with Gasteiger partial charge < -0.3 is 0 Å². The smallest absolute Gasteiger partial charge is 0.265 e. The number of benzene rings is 2. The summed E-state index contributed by atoms with van der Waals surface area (Å²) in [6.07, 6.45) is 0. The standard InChI is InChI=1S/C16H12ClNO2/c1-10-13-4-2-3-5-14(13)16(20)18(15(10)19)12-8-6-11(17)7-9-12/h2-10H,1H3. The first-order valence-electron chi connectivity index (χ1n) is 6.32. The highest BCUT2D eigenvalue weighted by Gasteiger charge is 2.36. The number of amides is 2. The van der Waals surface area contributed by atoms with Gasteiger partial charge in [-0.15, -0.1) is 0 Å². The molecule has 0 N–H and O–H groups in total. The summed E-state index contributed by atoms with van der Waals surface area (Å²) in [5.74, 6) is -0.832. The predicted molar refractivity (Wildman–Crippen MR) is 78.1 cm³/mol. The van der Waals surface area contributed by atoms with Crippen molar-refractivity contribution in [1.82, 2.24) is 0 Å². The Balaban J connectivity index is 2.12. The SMILES string of the molecule is CC1C(=O)N(c2ccc(Cl)cc2)C(=O)c2ccccc21. The van der Waals surface area contributed by atoms with E-state index in [9.17, 15) is 9.59 Å². The number of carbonyl (C=O) groups is 2. The average molecular weight is 286 g/mol. The largest absolute Gasteiger partial charge is 0.273 e. The Kier molecular flexibility index (Phi) is 3.07. The summed E-state index contributed by atoms with van der Waals surface area (Å²) < 4.78 is 0. The molecule has 100 valence electrons. The van der Waals surface area contributed by atoms with E-state index >= 15 is 0 Å². The molecule has 4 heteroatoms. The molecule has 0 fully saturated rings. The van der Waals surface area contributed by atoms with Crippen LogP contribution >= 0.6 is 11.6 Å². The van der Waals surface area contributed by atoms with Gasteiger partial charge >= 0.3 is 0 Å². The monoisotopic (exact) mass is 285 g/mol. The zero-order valence-electron chi connectivity index (χ0n) is 10.8. The molecular weight excluding hydrogens is 274 g/mol. The second kappa shape index (κ2) is 4.76. The van der Waals surface area contributed by atoms with Crippen LogP contribution in [-0.2, 0) is 4.79 Å². The molecule has 0 radical (unpaired) electrons. The molecule has 0 saturated carbocycles. The van der Waals surface area contributed by atoms with Crippen molar-refractivity contribution >= 4 is 29.1 Å². The molecule has 1 heterocycles. The van der Waals surface area contributed by atoms with E-state index < -0.39 is 0 Å². The van der Waals surface area contributed by atoms with E-state index in [1.165, 1.54) is 4.90 Å². The van der Waals surface area contributed by atoms with Crippen molar-refractivity contribution in [2.75, 3.05) is 4.90 Å². The molecule has 1 aliphatic rings.